The molecule has 0 aromatic carbocycles. The molecule has 0 rings (SSSR count). The van der Waals surface area contributed by atoms with Crippen LogP contribution in [0, 0.1) is 0 Å². The molecule has 0 radical (unpaired) electrons. The van der Waals surface area contributed by atoms with Gasteiger partial charge < -0.3 is 14.2 Å². The topological polar surface area (TPSA) is 78.9 Å². The van der Waals surface area contributed by atoms with Crippen LogP contribution in [0.4, 0.5) is 0 Å². The number of hydrogen-bond acceptors (Lipinski definition) is 6. The van der Waals surface area contributed by atoms with Crippen molar-refractivity contribution in [3.8, 4) is 0 Å². The van der Waals surface area contributed by atoms with Crippen molar-refractivity contribution in [1.29, 1.82) is 0 Å². The zero-order valence-electron chi connectivity index (χ0n) is 43.7. The predicted molar refractivity (Wildman–Crippen MR) is 284 cm³/mol. The Morgan fingerprint density at radius 1 is 0.318 bits per heavy atom. The molecule has 0 saturated carbocycles. The molecule has 6 nitrogen and oxygen atoms in total. The summed E-state index contributed by atoms with van der Waals surface area (Å²) in [5.74, 6) is -0.905. The van der Waals surface area contributed by atoms with Crippen molar-refractivity contribution in [3.63, 3.8) is 0 Å². The molecular formula is C60H106O6. The summed E-state index contributed by atoms with van der Waals surface area (Å²) in [6.07, 6.45) is 67.8. The van der Waals surface area contributed by atoms with Crippen LogP contribution in [0.5, 0.6) is 0 Å². The molecule has 0 spiro atoms. The lowest BCUT2D eigenvalue weighted by Crippen LogP contribution is -2.30. The van der Waals surface area contributed by atoms with Crippen LogP contribution in [0.15, 0.2) is 60.8 Å². The first-order chi connectivity index (χ1) is 32.5. The highest BCUT2D eigenvalue weighted by atomic mass is 16.6. The number of hydrogen-bond donors (Lipinski definition) is 0. The van der Waals surface area contributed by atoms with Crippen molar-refractivity contribution in [2.45, 2.75) is 290 Å². The number of rotatable bonds is 51. The minimum absolute atomic E-state index is 0.0842. The summed E-state index contributed by atoms with van der Waals surface area (Å²) < 4.78 is 16.8. The number of allylic oxidation sites excluding steroid dienone is 10. The van der Waals surface area contributed by atoms with E-state index in [9.17, 15) is 14.4 Å². The van der Waals surface area contributed by atoms with Crippen molar-refractivity contribution >= 4 is 17.9 Å². The number of ether oxygens (including phenoxy) is 3. The van der Waals surface area contributed by atoms with Gasteiger partial charge in [0.05, 0.1) is 0 Å². The zero-order valence-corrected chi connectivity index (χ0v) is 43.7. The van der Waals surface area contributed by atoms with Gasteiger partial charge in [-0.2, -0.15) is 0 Å². The Hall–Kier alpha value is -2.89. The van der Waals surface area contributed by atoms with E-state index in [0.29, 0.717) is 19.3 Å². The fourth-order valence-corrected chi connectivity index (χ4v) is 8.10. The molecule has 0 heterocycles. The van der Waals surface area contributed by atoms with Crippen LogP contribution in [0.2, 0.25) is 0 Å². The average molecular weight is 924 g/mol. The van der Waals surface area contributed by atoms with E-state index in [0.717, 1.165) is 89.9 Å². The van der Waals surface area contributed by atoms with Crippen LogP contribution in [-0.4, -0.2) is 37.2 Å². The van der Waals surface area contributed by atoms with Crippen molar-refractivity contribution in [2.75, 3.05) is 13.2 Å². The highest BCUT2D eigenvalue weighted by Gasteiger charge is 2.19. The molecule has 0 aliphatic heterocycles. The van der Waals surface area contributed by atoms with E-state index < -0.39 is 6.10 Å². The summed E-state index contributed by atoms with van der Waals surface area (Å²) >= 11 is 0. The molecule has 0 fully saturated rings. The van der Waals surface area contributed by atoms with Gasteiger partial charge in [-0.15, -0.1) is 0 Å². The second kappa shape index (κ2) is 54.7. The highest BCUT2D eigenvalue weighted by molar-refractivity contribution is 5.71. The van der Waals surface area contributed by atoms with E-state index in [1.54, 1.807) is 0 Å². The number of esters is 3. The van der Waals surface area contributed by atoms with Crippen LogP contribution >= 0.6 is 0 Å². The Morgan fingerprint density at radius 2 is 0.606 bits per heavy atom. The molecule has 0 N–H and O–H groups in total. The molecule has 0 aliphatic carbocycles. The summed E-state index contributed by atoms with van der Waals surface area (Å²) in [6.45, 7) is 6.50. The van der Waals surface area contributed by atoms with Gasteiger partial charge >= 0.3 is 17.9 Å². The predicted octanol–water partition coefficient (Wildman–Crippen LogP) is 18.8. The van der Waals surface area contributed by atoms with Crippen LogP contribution in [0.25, 0.3) is 0 Å². The molecule has 1 atom stereocenters. The van der Waals surface area contributed by atoms with Crippen molar-refractivity contribution in [3.05, 3.63) is 60.8 Å². The van der Waals surface area contributed by atoms with E-state index >= 15 is 0 Å². The van der Waals surface area contributed by atoms with Gasteiger partial charge in [0.2, 0.25) is 0 Å². The molecule has 382 valence electrons. The van der Waals surface area contributed by atoms with Crippen LogP contribution < -0.4 is 0 Å². The minimum Gasteiger partial charge on any atom is -0.462 e. The molecule has 0 aromatic heterocycles. The second-order valence-corrected chi connectivity index (χ2v) is 18.9. The second-order valence-electron chi connectivity index (χ2n) is 18.9. The maximum absolute atomic E-state index is 12.8. The monoisotopic (exact) mass is 923 g/mol. The van der Waals surface area contributed by atoms with Gasteiger partial charge in [0, 0.05) is 19.3 Å². The van der Waals surface area contributed by atoms with Crippen LogP contribution in [-0.2, 0) is 28.6 Å². The van der Waals surface area contributed by atoms with Crippen molar-refractivity contribution < 1.29 is 28.6 Å². The van der Waals surface area contributed by atoms with Gasteiger partial charge in [-0.25, -0.2) is 0 Å². The molecule has 0 amide bonds. The third-order valence-electron chi connectivity index (χ3n) is 12.4. The third-order valence-corrected chi connectivity index (χ3v) is 12.4. The molecule has 0 aliphatic rings. The average Bonchev–Trinajstić information content (AvgIpc) is 3.31. The molecular weight excluding hydrogens is 817 g/mol. The van der Waals surface area contributed by atoms with Gasteiger partial charge in [-0.1, -0.05) is 261 Å². The lowest BCUT2D eigenvalue weighted by molar-refractivity contribution is -0.167. The fraction of sp³-hybridized carbons (Fsp3) is 0.783. The van der Waals surface area contributed by atoms with Gasteiger partial charge in [0.1, 0.15) is 13.2 Å². The van der Waals surface area contributed by atoms with Gasteiger partial charge in [0.25, 0.3) is 0 Å². The Labute approximate surface area is 409 Å². The molecule has 66 heavy (non-hydrogen) atoms. The number of carbonyl (C=O) groups is 3. The van der Waals surface area contributed by atoms with Crippen molar-refractivity contribution in [1.82, 2.24) is 0 Å². The molecule has 1 unspecified atom stereocenters. The normalized spacial score (nSPS) is 12.5. The maximum atomic E-state index is 12.8. The summed E-state index contributed by atoms with van der Waals surface area (Å²) in [6, 6.07) is 0. The highest BCUT2D eigenvalue weighted by Crippen LogP contribution is 2.16. The van der Waals surface area contributed by atoms with E-state index in [1.807, 2.05) is 18.2 Å². The first-order valence-electron chi connectivity index (χ1n) is 28.3. The standard InChI is InChI=1S/C60H106O6/c1-4-7-10-13-16-19-22-25-28-29-30-33-35-38-41-44-47-50-53-59(62)65-56-57(66-60(63)54-51-48-45-42-39-36-32-27-24-21-18-15-12-9-6-3)55-64-58(61)52-49-46-43-40-37-34-31-26-23-20-17-14-11-8-5-2/h9,12,15,18,21,24,27,30,32-33,57H,4-8,10-11,13-14,16-17,19-20,22-23,25-26,28-29,31,34-56H2,1-3H3/b12-9-,18-15-,24-21-,32-27-,33-30-. The molecule has 0 aromatic rings. The van der Waals surface area contributed by atoms with E-state index in [4.69, 9.17) is 14.2 Å². The van der Waals surface area contributed by atoms with Gasteiger partial charge in [-0.3, -0.25) is 14.4 Å². The zero-order chi connectivity index (χ0) is 47.9. The SMILES string of the molecule is CC\C=C/C=C\C=C/C=C\CCCCCCCC(=O)OC(COC(=O)CCCCCCC/C=C\CCCCCCCCCCC)COC(=O)CCCCCCCCCCCCCCCCC. The van der Waals surface area contributed by atoms with E-state index in [1.165, 1.54) is 154 Å². The van der Waals surface area contributed by atoms with Crippen LogP contribution in [0.3, 0.4) is 0 Å². The minimum atomic E-state index is -0.788. The largest absolute Gasteiger partial charge is 0.462 e. The Kier molecular flexibility index (Phi) is 52.3. The Bertz CT molecular complexity index is 1200. The first kappa shape index (κ1) is 63.1. The Morgan fingerprint density at radius 3 is 0.970 bits per heavy atom. The lowest BCUT2D eigenvalue weighted by Gasteiger charge is -2.18. The maximum Gasteiger partial charge on any atom is 0.306 e. The van der Waals surface area contributed by atoms with E-state index in [2.05, 4.69) is 63.3 Å². The fourth-order valence-electron chi connectivity index (χ4n) is 8.10. The third kappa shape index (κ3) is 52.1. The Balaban J connectivity index is 4.39. The van der Waals surface area contributed by atoms with Gasteiger partial charge in [-0.05, 0) is 64.2 Å². The van der Waals surface area contributed by atoms with Gasteiger partial charge in [0.15, 0.2) is 6.10 Å². The molecule has 6 heteroatoms. The summed E-state index contributed by atoms with van der Waals surface area (Å²) in [4.78, 5) is 38.1. The lowest BCUT2D eigenvalue weighted by atomic mass is 10.0. The number of unbranched alkanes of at least 4 members (excludes halogenated alkanes) is 33. The summed E-state index contributed by atoms with van der Waals surface area (Å²) in [7, 11) is 0. The molecule has 0 bridgehead atoms. The quantitative estimate of drug-likeness (QED) is 0.0199. The van der Waals surface area contributed by atoms with E-state index in [-0.39, 0.29) is 31.1 Å². The number of carbonyl (C=O) groups excluding carboxylic acids is 3. The van der Waals surface area contributed by atoms with Crippen molar-refractivity contribution in [2.24, 2.45) is 0 Å². The van der Waals surface area contributed by atoms with Crippen LogP contribution in [0.1, 0.15) is 284 Å². The summed E-state index contributed by atoms with van der Waals surface area (Å²) in [5, 5.41) is 0. The smallest absolute Gasteiger partial charge is 0.306 e. The first-order valence-corrected chi connectivity index (χ1v) is 28.3. The summed E-state index contributed by atoms with van der Waals surface area (Å²) in [5.41, 5.74) is 0. The molecule has 0 saturated heterocycles.